The summed E-state index contributed by atoms with van der Waals surface area (Å²) in [6, 6.07) is 9.25. The van der Waals surface area contributed by atoms with E-state index in [0.717, 1.165) is 5.56 Å². The Balaban J connectivity index is 2.61. The van der Waals surface area contributed by atoms with Gasteiger partial charge in [-0.05, 0) is 12.0 Å². The molecule has 0 radical (unpaired) electrons. The topological polar surface area (TPSA) is 49.7 Å². The van der Waals surface area contributed by atoms with Crippen LogP contribution < -0.4 is 0 Å². The third-order valence-corrected chi connectivity index (χ3v) is 1.76. The summed E-state index contributed by atoms with van der Waals surface area (Å²) in [5.74, 6) is 0. The molecule has 1 aromatic carbocycles. The number of aliphatic hydroxyl groups excluding tert-OH is 1. The molecule has 3 nitrogen and oxygen atoms in total. The number of aliphatic imine (C=N–C) groups is 1. The average Bonchev–Trinajstić information content (AvgIpc) is 2.19. The maximum atomic E-state index is 9.96. The van der Waals surface area contributed by atoms with Crippen molar-refractivity contribution in [3.8, 4) is 0 Å². The summed E-state index contributed by atoms with van der Waals surface area (Å²) in [6.45, 7) is -0.121. The van der Waals surface area contributed by atoms with Gasteiger partial charge in [0, 0.05) is 0 Å². The van der Waals surface area contributed by atoms with Gasteiger partial charge in [0.05, 0.1) is 12.6 Å². The highest BCUT2D eigenvalue weighted by Gasteiger charge is 2.05. The zero-order valence-corrected chi connectivity index (χ0v) is 7.18. The Kier molecular flexibility index (Phi) is 3.89. The fourth-order valence-corrected chi connectivity index (χ4v) is 1.11. The summed E-state index contributed by atoms with van der Waals surface area (Å²) in [5.41, 5.74) is 1.06. The molecular weight excluding hydrogens is 166 g/mol. The molecule has 0 fully saturated rings. The second-order valence-corrected chi connectivity index (χ2v) is 2.75. The van der Waals surface area contributed by atoms with Gasteiger partial charge in [-0.2, -0.15) is 4.99 Å². The number of rotatable bonds is 4. The molecule has 0 amide bonds. The van der Waals surface area contributed by atoms with Crippen molar-refractivity contribution in [1.29, 1.82) is 0 Å². The maximum absolute atomic E-state index is 9.96. The van der Waals surface area contributed by atoms with Crippen LogP contribution in [0.5, 0.6) is 0 Å². The Morgan fingerprint density at radius 2 is 2.08 bits per heavy atom. The van der Waals surface area contributed by atoms with Crippen LogP contribution in [-0.4, -0.2) is 23.8 Å². The summed E-state index contributed by atoms with van der Waals surface area (Å²) in [5, 5.41) is 8.85. The predicted molar refractivity (Wildman–Crippen MR) is 49.1 cm³/mol. The van der Waals surface area contributed by atoms with Crippen LogP contribution in [0.15, 0.2) is 35.3 Å². The standard InChI is InChI=1S/C10H11NO2/c12-7-10(11-8-13)6-9-4-2-1-3-5-9/h1-5,10,12H,6-7H2/t10-/m1/s1. The lowest BCUT2D eigenvalue weighted by molar-refractivity contribution is 0.266. The number of isocyanates is 1. The van der Waals surface area contributed by atoms with Gasteiger partial charge in [-0.3, -0.25) is 0 Å². The highest BCUT2D eigenvalue weighted by Crippen LogP contribution is 2.04. The van der Waals surface area contributed by atoms with Crippen LogP contribution in [-0.2, 0) is 11.2 Å². The maximum Gasteiger partial charge on any atom is 0.235 e. The van der Waals surface area contributed by atoms with E-state index in [2.05, 4.69) is 4.99 Å². The van der Waals surface area contributed by atoms with Crippen molar-refractivity contribution in [2.24, 2.45) is 4.99 Å². The van der Waals surface area contributed by atoms with Crippen LogP contribution >= 0.6 is 0 Å². The summed E-state index contributed by atoms with van der Waals surface area (Å²) in [6.07, 6.45) is 2.03. The first-order valence-corrected chi connectivity index (χ1v) is 4.08. The number of carbonyl (C=O) groups excluding carboxylic acids is 1. The molecule has 1 aromatic rings. The van der Waals surface area contributed by atoms with Crippen LogP contribution in [0.1, 0.15) is 5.56 Å². The Hall–Kier alpha value is -1.44. The molecule has 1 atom stereocenters. The normalized spacial score (nSPS) is 11.8. The molecule has 0 saturated heterocycles. The summed E-state index contributed by atoms with van der Waals surface area (Å²) in [7, 11) is 0. The summed E-state index contributed by atoms with van der Waals surface area (Å²) >= 11 is 0. The molecule has 0 unspecified atom stereocenters. The Morgan fingerprint density at radius 1 is 1.38 bits per heavy atom. The van der Waals surface area contributed by atoms with Gasteiger partial charge < -0.3 is 5.11 Å². The SMILES string of the molecule is O=C=N[C@@H](CO)Cc1ccccc1. The minimum atomic E-state index is -0.361. The molecule has 0 aliphatic carbocycles. The first-order chi connectivity index (χ1) is 6.36. The smallest absolute Gasteiger partial charge is 0.235 e. The molecule has 1 N–H and O–H groups in total. The molecule has 68 valence electrons. The minimum Gasteiger partial charge on any atom is -0.394 e. The van der Waals surface area contributed by atoms with Crippen molar-refractivity contribution < 1.29 is 9.90 Å². The van der Waals surface area contributed by atoms with E-state index >= 15 is 0 Å². The highest BCUT2D eigenvalue weighted by molar-refractivity contribution is 5.34. The third kappa shape index (κ3) is 3.20. The van der Waals surface area contributed by atoms with E-state index in [1.54, 1.807) is 0 Å². The molecule has 1 rings (SSSR count). The highest BCUT2D eigenvalue weighted by atomic mass is 16.3. The van der Waals surface area contributed by atoms with Gasteiger partial charge in [0.25, 0.3) is 0 Å². The second-order valence-electron chi connectivity index (χ2n) is 2.75. The molecular formula is C10H11NO2. The molecule has 0 aliphatic heterocycles. The van der Waals surface area contributed by atoms with Crippen molar-refractivity contribution in [3.63, 3.8) is 0 Å². The van der Waals surface area contributed by atoms with Crippen LogP contribution in [0.3, 0.4) is 0 Å². The van der Waals surface area contributed by atoms with Gasteiger partial charge in [0.1, 0.15) is 0 Å². The lowest BCUT2D eigenvalue weighted by atomic mass is 10.1. The van der Waals surface area contributed by atoms with Gasteiger partial charge in [-0.25, -0.2) is 4.79 Å². The van der Waals surface area contributed by atoms with Crippen molar-refractivity contribution in [2.45, 2.75) is 12.5 Å². The summed E-state index contributed by atoms with van der Waals surface area (Å²) < 4.78 is 0. The fourth-order valence-electron chi connectivity index (χ4n) is 1.11. The Morgan fingerprint density at radius 3 is 2.62 bits per heavy atom. The first-order valence-electron chi connectivity index (χ1n) is 4.08. The van der Waals surface area contributed by atoms with E-state index in [4.69, 9.17) is 5.11 Å². The van der Waals surface area contributed by atoms with Gasteiger partial charge in [-0.15, -0.1) is 0 Å². The average molecular weight is 177 g/mol. The van der Waals surface area contributed by atoms with E-state index < -0.39 is 0 Å². The largest absolute Gasteiger partial charge is 0.394 e. The molecule has 0 spiro atoms. The Bertz CT molecular complexity index is 291. The number of hydrogen-bond donors (Lipinski definition) is 1. The second kappa shape index (κ2) is 5.25. The molecule has 0 aliphatic rings. The van der Waals surface area contributed by atoms with E-state index in [9.17, 15) is 4.79 Å². The number of hydrogen-bond acceptors (Lipinski definition) is 3. The van der Waals surface area contributed by atoms with E-state index in [1.807, 2.05) is 30.3 Å². The molecule has 0 heterocycles. The van der Waals surface area contributed by atoms with Crippen LogP contribution in [0.2, 0.25) is 0 Å². The zero-order chi connectivity index (χ0) is 9.52. The van der Waals surface area contributed by atoms with Gasteiger partial charge in [0.15, 0.2) is 0 Å². The molecule has 0 saturated carbocycles. The Labute approximate surface area is 76.7 Å². The van der Waals surface area contributed by atoms with E-state index in [1.165, 1.54) is 6.08 Å². The quantitative estimate of drug-likeness (QED) is 0.549. The van der Waals surface area contributed by atoms with Gasteiger partial charge in [-0.1, -0.05) is 30.3 Å². The van der Waals surface area contributed by atoms with Crippen molar-refractivity contribution >= 4 is 6.08 Å². The summed E-state index contributed by atoms with van der Waals surface area (Å²) in [4.78, 5) is 13.4. The van der Waals surface area contributed by atoms with Crippen molar-refractivity contribution in [2.75, 3.05) is 6.61 Å². The fraction of sp³-hybridized carbons (Fsp3) is 0.300. The van der Waals surface area contributed by atoms with Crippen molar-refractivity contribution in [3.05, 3.63) is 35.9 Å². The molecule has 3 heteroatoms. The predicted octanol–water partition coefficient (Wildman–Crippen LogP) is 0.926. The zero-order valence-electron chi connectivity index (χ0n) is 7.18. The number of benzene rings is 1. The number of aliphatic hydroxyl groups is 1. The lowest BCUT2D eigenvalue weighted by Gasteiger charge is -2.05. The molecule has 13 heavy (non-hydrogen) atoms. The lowest BCUT2D eigenvalue weighted by Crippen LogP contribution is -2.13. The van der Waals surface area contributed by atoms with Crippen LogP contribution in [0, 0.1) is 0 Å². The van der Waals surface area contributed by atoms with E-state index in [-0.39, 0.29) is 12.6 Å². The monoisotopic (exact) mass is 177 g/mol. The number of nitrogens with zero attached hydrogens (tertiary/aromatic N) is 1. The van der Waals surface area contributed by atoms with Crippen LogP contribution in [0.25, 0.3) is 0 Å². The third-order valence-electron chi connectivity index (χ3n) is 1.76. The van der Waals surface area contributed by atoms with Gasteiger partial charge >= 0.3 is 0 Å². The van der Waals surface area contributed by atoms with Crippen molar-refractivity contribution in [1.82, 2.24) is 0 Å². The van der Waals surface area contributed by atoms with Gasteiger partial charge in [0.2, 0.25) is 6.08 Å². The minimum absolute atomic E-state index is 0.121. The van der Waals surface area contributed by atoms with Crippen LogP contribution in [0.4, 0.5) is 0 Å². The van der Waals surface area contributed by atoms with E-state index in [0.29, 0.717) is 6.42 Å². The molecule has 0 aromatic heterocycles. The first kappa shape index (κ1) is 9.65. The molecule has 0 bridgehead atoms.